The molecule has 2 unspecified atom stereocenters. The predicted molar refractivity (Wildman–Crippen MR) is 62.7 cm³/mol. The van der Waals surface area contributed by atoms with Crippen molar-refractivity contribution in [3.05, 3.63) is 24.0 Å². The summed E-state index contributed by atoms with van der Waals surface area (Å²) < 4.78 is 2.22. The van der Waals surface area contributed by atoms with Crippen molar-refractivity contribution in [3.8, 4) is 0 Å². The summed E-state index contributed by atoms with van der Waals surface area (Å²) in [6.45, 7) is 7.95. The molecule has 3 heteroatoms. The first-order valence-electron chi connectivity index (χ1n) is 5.69. The van der Waals surface area contributed by atoms with Gasteiger partial charge in [-0.3, -0.25) is 0 Å². The van der Waals surface area contributed by atoms with Crippen LogP contribution in [0.1, 0.15) is 32.9 Å². The highest BCUT2D eigenvalue weighted by molar-refractivity contribution is 5.06. The summed E-state index contributed by atoms with van der Waals surface area (Å²) in [6.07, 6.45) is 2.66. The minimum atomic E-state index is -0.231. The first-order chi connectivity index (χ1) is 7.13. The number of aliphatic hydroxyl groups is 1. The van der Waals surface area contributed by atoms with Crippen LogP contribution in [0.4, 0.5) is 0 Å². The number of hydrogen-bond acceptors (Lipinski definition) is 2. The summed E-state index contributed by atoms with van der Waals surface area (Å²) in [4.78, 5) is 0. The SMILES string of the molecule is CCn1cccc1CNC(C)CC(C)O. The van der Waals surface area contributed by atoms with E-state index in [2.05, 4.69) is 42.1 Å². The van der Waals surface area contributed by atoms with Crippen LogP contribution in [-0.2, 0) is 13.1 Å². The average molecular weight is 210 g/mol. The maximum Gasteiger partial charge on any atom is 0.0526 e. The van der Waals surface area contributed by atoms with Gasteiger partial charge in [0, 0.05) is 31.0 Å². The third kappa shape index (κ3) is 4.06. The molecule has 0 amide bonds. The van der Waals surface area contributed by atoms with Gasteiger partial charge in [0.25, 0.3) is 0 Å². The van der Waals surface area contributed by atoms with Crippen molar-refractivity contribution in [3.63, 3.8) is 0 Å². The third-order valence-electron chi connectivity index (χ3n) is 2.59. The molecule has 0 fully saturated rings. The van der Waals surface area contributed by atoms with Gasteiger partial charge >= 0.3 is 0 Å². The monoisotopic (exact) mass is 210 g/mol. The maximum absolute atomic E-state index is 9.24. The zero-order valence-electron chi connectivity index (χ0n) is 9.90. The fourth-order valence-corrected chi connectivity index (χ4v) is 1.79. The van der Waals surface area contributed by atoms with Crippen LogP contribution in [0, 0.1) is 0 Å². The summed E-state index contributed by atoms with van der Waals surface area (Å²) in [5.74, 6) is 0. The first kappa shape index (κ1) is 12.3. The van der Waals surface area contributed by atoms with E-state index in [1.165, 1.54) is 5.69 Å². The number of aromatic nitrogens is 1. The van der Waals surface area contributed by atoms with Crippen molar-refractivity contribution in [2.75, 3.05) is 0 Å². The highest BCUT2D eigenvalue weighted by Crippen LogP contribution is 2.03. The van der Waals surface area contributed by atoms with E-state index in [1.807, 2.05) is 6.92 Å². The Morgan fingerprint density at radius 3 is 2.80 bits per heavy atom. The molecule has 0 aliphatic carbocycles. The van der Waals surface area contributed by atoms with Crippen LogP contribution in [0.15, 0.2) is 18.3 Å². The molecule has 0 spiro atoms. The zero-order valence-corrected chi connectivity index (χ0v) is 9.90. The average Bonchev–Trinajstić information content (AvgIpc) is 2.60. The Balaban J connectivity index is 2.36. The summed E-state index contributed by atoms with van der Waals surface area (Å²) in [5, 5.41) is 12.6. The van der Waals surface area contributed by atoms with Crippen LogP contribution in [0.2, 0.25) is 0 Å². The Hall–Kier alpha value is -0.800. The standard InChI is InChI=1S/C12H22N2O/c1-4-14-7-5-6-12(14)9-13-10(2)8-11(3)15/h5-7,10-11,13,15H,4,8-9H2,1-3H3. The summed E-state index contributed by atoms with van der Waals surface area (Å²) in [5.41, 5.74) is 1.30. The molecular weight excluding hydrogens is 188 g/mol. The van der Waals surface area contributed by atoms with E-state index in [0.717, 1.165) is 19.5 Å². The molecule has 1 aromatic rings. The Labute approximate surface area is 92.1 Å². The number of aryl methyl sites for hydroxylation is 1. The smallest absolute Gasteiger partial charge is 0.0526 e. The van der Waals surface area contributed by atoms with Crippen molar-refractivity contribution in [1.29, 1.82) is 0 Å². The largest absolute Gasteiger partial charge is 0.393 e. The second kappa shape index (κ2) is 5.93. The van der Waals surface area contributed by atoms with E-state index in [1.54, 1.807) is 0 Å². The van der Waals surface area contributed by atoms with Crippen molar-refractivity contribution >= 4 is 0 Å². The van der Waals surface area contributed by atoms with Crippen molar-refractivity contribution in [2.24, 2.45) is 0 Å². The van der Waals surface area contributed by atoms with Gasteiger partial charge in [-0.25, -0.2) is 0 Å². The van der Waals surface area contributed by atoms with Crippen molar-refractivity contribution in [2.45, 2.75) is 52.4 Å². The number of nitrogens with zero attached hydrogens (tertiary/aromatic N) is 1. The zero-order chi connectivity index (χ0) is 11.3. The van der Waals surface area contributed by atoms with Crippen LogP contribution in [-0.4, -0.2) is 21.8 Å². The highest BCUT2D eigenvalue weighted by atomic mass is 16.3. The lowest BCUT2D eigenvalue weighted by Crippen LogP contribution is -2.29. The van der Waals surface area contributed by atoms with E-state index in [0.29, 0.717) is 6.04 Å². The number of rotatable bonds is 6. The first-order valence-corrected chi connectivity index (χ1v) is 5.69. The molecule has 86 valence electrons. The second-order valence-electron chi connectivity index (χ2n) is 4.15. The fourth-order valence-electron chi connectivity index (χ4n) is 1.79. The fraction of sp³-hybridized carbons (Fsp3) is 0.667. The molecule has 0 aliphatic heterocycles. The Kier molecular flexibility index (Phi) is 4.85. The minimum absolute atomic E-state index is 0.231. The summed E-state index contributed by atoms with van der Waals surface area (Å²) in [7, 11) is 0. The minimum Gasteiger partial charge on any atom is -0.393 e. The molecule has 2 N–H and O–H groups in total. The maximum atomic E-state index is 9.24. The van der Waals surface area contributed by atoms with Gasteiger partial charge < -0.3 is 15.0 Å². The van der Waals surface area contributed by atoms with Crippen LogP contribution < -0.4 is 5.32 Å². The van der Waals surface area contributed by atoms with Gasteiger partial charge in [0.05, 0.1) is 6.10 Å². The second-order valence-corrected chi connectivity index (χ2v) is 4.15. The highest BCUT2D eigenvalue weighted by Gasteiger charge is 2.06. The lowest BCUT2D eigenvalue weighted by atomic mass is 10.1. The number of nitrogens with one attached hydrogen (secondary N) is 1. The Bertz CT molecular complexity index is 281. The molecule has 2 atom stereocenters. The number of aliphatic hydroxyl groups excluding tert-OH is 1. The summed E-state index contributed by atoms with van der Waals surface area (Å²) >= 11 is 0. The molecule has 3 nitrogen and oxygen atoms in total. The van der Waals surface area contributed by atoms with E-state index < -0.39 is 0 Å². The van der Waals surface area contributed by atoms with Gasteiger partial charge in [0.15, 0.2) is 0 Å². The van der Waals surface area contributed by atoms with Gasteiger partial charge in [-0.05, 0) is 39.3 Å². The molecule has 1 rings (SSSR count). The molecular formula is C12H22N2O. The van der Waals surface area contributed by atoms with E-state index in [-0.39, 0.29) is 6.10 Å². The molecule has 0 aliphatic rings. The van der Waals surface area contributed by atoms with Crippen LogP contribution in [0.5, 0.6) is 0 Å². The van der Waals surface area contributed by atoms with E-state index in [9.17, 15) is 5.11 Å². The van der Waals surface area contributed by atoms with Crippen molar-refractivity contribution in [1.82, 2.24) is 9.88 Å². The van der Waals surface area contributed by atoms with Crippen LogP contribution in [0.3, 0.4) is 0 Å². The number of hydrogen-bond donors (Lipinski definition) is 2. The Morgan fingerprint density at radius 2 is 2.20 bits per heavy atom. The normalized spacial score (nSPS) is 15.2. The predicted octanol–water partition coefficient (Wildman–Crippen LogP) is 1.76. The molecule has 0 saturated heterocycles. The third-order valence-corrected chi connectivity index (χ3v) is 2.59. The molecule has 0 radical (unpaired) electrons. The molecule has 0 saturated carbocycles. The van der Waals surface area contributed by atoms with Gasteiger partial charge in [0.1, 0.15) is 0 Å². The molecule has 1 aromatic heterocycles. The molecule has 1 heterocycles. The van der Waals surface area contributed by atoms with Gasteiger partial charge in [-0.2, -0.15) is 0 Å². The van der Waals surface area contributed by atoms with Crippen LogP contribution in [0.25, 0.3) is 0 Å². The van der Waals surface area contributed by atoms with Gasteiger partial charge in [-0.1, -0.05) is 0 Å². The summed E-state index contributed by atoms with van der Waals surface area (Å²) in [6, 6.07) is 4.55. The van der Waals surface area contributed by atoms with Gasteiger partial charge in [0.2, 0.25) is 0 Å². The van der Waals surface area contributed by atoms with Crippen molar-refractivity contribution < 1.29 is 5.11 Å². The Morgan fingerprint density at radius 1 is 1.47 bits per heavy atom. The van der Waals surface area contributed by atoms with E-state index in [4.69, 9.17) is 0 Å². The molecule has 15 heavy (non-hydrogen) atoms. The van der Waals surface area contributed by atoms with E-state index >= 15 is 0 Å². The van der Waals surface area contributed by atoms with Gasteiger partial charge in [-0.15, -0.1) is 0 Å². The topological polar surface area (TPSA) is 37.2 Å². The van der Waals surface area contributed by atoms with Crippen LogP contribution >= 0.6 is 0 Å². The quantitative estimate of drug-likeness (QED) is 0.750. The lowest BCUT2D eigenvalue weighted by molar-refractivity contribution is 0.170. The lowest BCUT2D eigenvalue weighted by Gasteiger charge is -2.16. The molecule has 0 aromatic carbocycles. The molecule has 0 bridgehead atoms.